The molecule has 11 rings (SSSR count). The molecule has 0 aliphatic rings. The number of para-hydroxylation sites is 2. The smallest absolute Gasteiger partial charge is 0.160 e. The SMILES string of the molecule is c1ccc(-c2nc(-c3cccc(-c4ccncc4)c3)cc(-c3cc(-c4ccc5oc6ccccc6c5c4)cc(-c4ccc5oc6ccccc6c5c4)c3)n2)cc1. The lowest BCUT2D eigenvalue weighted by atomic mass is 9.93. The highest BCUT2D eigenvalue weighted by Crippen LogP contribution is 2.39. The lowest BCUT2D eigenvalue weighted by Crippen LogP contribution is -1.97. The van der Waals surface area contributed by atoms with Gasteiger partial charge in [0.15, 0.2) is 5.82 Å². The Morgan fingerprint density at radius 2 is 0.768 bits per heavy atom. The second-order valence-corrected chi connectivity index (χ2v) is 14.1. The summed E-state index contributed by atoms with van der Waals surface area (Å²) in [7, 11) is 0. The summed E-state index contributed by atoms with van der Waals surface area (Å²) in [5, 5.41) is 4.36. The van der Waals surface area contributed by atoms with E-state index in [9.17, 15) is 0 Å². The maximum atomic E-state index is 6.22. The van der Waals surface area contributed by atoms with Gasteiger partial charge in [-0.1, -0.05) is 97.1 Å². The summed E-state index contributed by atoms with van der Waals surface area (Å²) in [5.41, 5.74) is 14.6. The van der Waals surface area contributed by atoms with E-state index in [1.165, 1.54) is 0 Å². The van der Waals surface area contributed by atoms with E-state index in [1.807, 2.05) is 67.0 Å². The first-order chi connectivity index (χ1) is 27.7. The number of furan rings is 2. The number of fused-ring (bicyclic) bond motifs is 6. The van der Waals surface area contributed by atoms with Gasteiger partial charge in [0.2, 0.25) is 0 Å². The number of hydrogen-bond acceptors (Lipinski definition) is 5. The minimum Gasteiger partial charge on any atom is -0.456 e. The minimum absolute atomic E-state index is 0.664. The third-order valence-electron chi connectivity index (χ3n) is 10.6. The van der Waals surface area contributed by atoms with Crippen LogP contribution >= 0.6 is 0 Å². The van der Waals surface area contributed by atoms with Gasteiger partial charge in [0, 0.05) is 50.6 Å². The van der Waals surface area contributed by atoms with Crippen molar-refractivity contribution in [2.75, 3.05) is 0 Å². The van der Waals surface area contributed by atoms with Crippen molar-refractivity contribution in [3.8, 4) is 67.3 Å². The standard InChI is InChI=1S/C51H31N3O2/c1-2-9-33(10-3-1)51-53-45(37-12-8-11-34(25-37)32-21-23-52-24-22-32)31-46(54-51)40-27-38(35-17-19-49-43(29-35)41-13-4-6-15-47(41)55-49)26-39(28-40)36-18-20-50-44(30-36)42-14-5-7-16-48(42)56-50/h1-31H. The Balaban J connectivity index is 1.13. The summed E-state index contributed by atoms with van der Waals surface area (Å²) in [6.07, 6.45) is 3.64. The number of rotatable bonds is 6. The first-order valence-electron chi connectivity index (χ1n) is 18.6. The minimum atomic E-state index is 0.664. The molecule has 0 radical (unpaired) electrons. The average molecular weight is 718 g/mol. The molecule has 11 aromatic rings. The molecule has 5 nitrogen and oxygen atoms in total. The van der Waals surface area contributed by atoms with Crippen LogP contribution in [0.25, 0.3) is 111 Å². The third kappa shape index (κ3) is 5.62. The van der Waals surface area contributed by atoms with Crippen LogP contribution in [0.15, 0.2) is 197 Å². The summed E-state index contributed by atoms with van der Waals surface area (Å²) in [4.78, 5) is 14.7. The monoisotopic (exact) mass is 717 g/mol. The van der Waals surface area contributed by atoms with E-state index in [0.29, 0.717) is 5.82 Å². The third-order valence-corrected chi connectivity index (χ3v) is 10.6. The summed E-state index contributed by atoms with van der Waals surface area (Å²) < 4.78 is 12.4. The zero-order valence-electron chi connectivity index (χ0n) is 30.1. The molecule has 0 aliphatic heterocycles. The molecule has 56 heavy (non-hydrogen) atoms. The van der Waals surface area contributed by atoms with E-state index in [4.69, 9.17) is 18.8 Å². The van der Waals surface area contributed by atoms with Gasteiger partial charge in [-0.15, -0.1) is 0 Å². The molecular weight excluding hydrogens is 687 g/mol. The average Bonchev–Trinajstić information content (AvgIpc) is 3.84. The van der Waals surface area contributed by atoms with Crippen molar-refractivity contribution in [3.63, 3.8) is 0 Å². The van der Waals surface area contributed by atoms with E-state index >= 15 is 0 Å². The Hall–Kier alpha value is -7.63. The highest BCUT2D eigenvalue weighted by atomic mass is 16.3. The van der Waals surface area contributed by atoms with Crippen LogP contribution in [0.1, 0.15) is 0 Å². The topological polar surface area (TPSA) is 65.0 Å². The number of hydrogen-bond donors (Lipinski definition) is 0. The fraction of sp³-hybridized carbons (Fsp3) is 0. The van der Waals surface area contributed by atoms with Crippen LogP contribution in [-0.4, -0.2) is 15.0 Å². The largest absolute Gasteiger partial charge is 0.456 e. The molecule has 0 atom stereocenters. The Bertz CT molecular complexity index is 3120. The Morgan fingerprint density at radius 1 is 0.286 bits per heavy atom. The van der Waals surface area contributed by atoms with Gasteiger partial charge in [-0.2, -0.15) is 0 Å². The highest BCUT2D eigenvalue weighted by Gasteiger charge is 2.16. The maximum absolute atomic E-state index is 6.22. The van der Waals surface area contributed by atoms with E-state index < -0.39 is 0 Å². The van der Waals surface area contributed by atoms with Crippen molar-refractivity contribution in [3.05, 3.63) is 188 Å². The van der Waals surface area contributed by atoms with Crippen molar-refractivity contribution in [2.24, 2.45) is 0 Å². The molecule has 7 aromatic carbocycles. The summed E-state index contributed by atoms with van der Waals surface area (Å²) in [6, 6.07) is 61.0. The molecule has 0 bridgehead atoms. The van der Waals surface area contributed by atoms with Gasteiger partial charge < -0.3 is 8.83 Å². The molecule has 262 valence electrons. The predicted molar refractivity (Wildman–Crippen MR) is 227 cm³/mol. The molecule has 4 heterocycles. The molecule has 0 aliphatic carbocycles. The molecule has 0 saturated carbocycles. The maximum Gasteiger partial charge on any atom is 0.160 e. The fourth-order valence-electron chi connectivity index (χ4n) is 7.78. The zero-order chi connectivity index (χ0) is 37.0. The molecule has 0 N–H and O–H groups in total. The van der Waals surface area contributed by atoms with Gasteiger partial charge in [-0.3, -0.25) is 4.98 Å². The van der Waals surface area contributed by atoms with E-state index in [0.717, 1.165) is 105 Å². The van der Waals surface area contributed by atoms with Crippen molar-refractivity contribution in [2.45, 2.75) is 0 Å². The highest BCUT2D eigenvalue weighted by molar-refractivity contribution is 6.07. The predicted octanol–water partition coefficient (Wildman–Crippen LogP) is 13.7. The summed E-state index contributed by atoms with van der Waals surface area (Å²) in [6.45, 7) is 0. The van der Waals surface area contributed by atoms with Crippen molar-refractivity contribution in [1.29, 1.82) is 0 Å². The van der Waals surface area contributed by atoms with Crippen LogP contribution in [0.4, 0.5) is 0 Å². The first-order valence-corrected chi connectivity index (χ1v) is 18.6. The molecule has 5 heteroatoms. The van der Waals surface area contributed by atoms with Crippen LogP contribution in [0, 0.1) is 0 Å². The molecule has 4 aromatic heterocycles. The normalized spacial score (nSPS) is 11.6. The molecule has 0 fully saturated rings. The van der Waals surface area contributed by atoms with Crippen molar-refractivity contribution in [1.82, 2.24) is 15.0 Å². The molecular formula is C51H31N3O2. The van der Waals surface area contributed by atoms with Gasteiger partial charge in [0.1, 0.15) is 22.3 Å². The zero-order valence-corrected chi connectivity index (χ0v) is 30.1. The van der Waals surface area contributed by atoms with Crippen LogP contribution in [0.3, 0.4) is 0 Å². The fourth-order valence-corrected chi connectivity index (χ4v) is 7.78. The van der Waals surface area contributed by atoms with Gasteiger partial charge >= 0.3 is 0 Å². The lowest BCUT2D eigenvalue weighted by molar-refractivity contribution is 0.668. The van der Waals surface area contributed by atoms with Crippen LogP contribution in [0.5, 0.6) is 0 Å². The van der Waals surface area contributed by atoms with Crippen molar-refractivity contribution < 1.29 is 8.83 Å². The molecule has 0 spiro atoms. The van der Waals surface area contributed by atoms with Gasteiger partial charge in [0.05, 0.1) is 11.4 Å². The number of nitrogens with zero attached hydrogens (tertiary/aromatic N) is 3. The molecule has 0 unspecified atom stereocenters. The lowest BCUT2D eigenvalue weighted by Gasteiger charge is -2.14. The Morgan fingerprint density at radius 3 is 1.41 bits per heavy atom. The van der Waals surface area contributed by atoms with Gasteiger partial charge in [-0.25, -0.2) is 9.97 Å². The number of benzene rings is 7. The van der Waals surface area contributed by atoms with E-state index in [2.05, 4.69) is 126 Å². The number of pyridine rings is 1. The first kappa shape index (κ1) is 31.9. The molecule has 0 saturated heterocycles. The Kier molecular flexibility index (Phi) is 7.42. The second kappa shape index (κ2) is 13.0. The van der Waals surface area contributed by atoms with Gasteiger partial charge in [-0.05, 0) is 112 Å². The van der Waals surface area contributed by atoms with Crippen LogP contribution in [-0.2, 0) is 0 Å². The summed E-state index contributed by atoms with van der Waals surface area (Å²) in [5.74, 6) is 0.664. The second-order valence-electron chi connectivity index (χ2n) is 14.1. The van der Waals surface area contributed by atoms with E-state index in [1.54, 1.807) is 0 Å². The summed E-state index contributed by atoms with van der Waals surface area (Å²) >= 11 is 0. The molecule has 0 amide bonds. The van der Waals surface area contributed by atoms with E-state index in [-0.39, 0.29) is 0 Å². The van der Waals surface area contributed by atoms with Crippen molar-refractivity contribution >= 4 is 43.9 Å². The quantitative estimate of drug-likeness (QED) is 0.171. The van der Waals surface area contributed by atoms with Crippen LogP contribution < -0.4 is 0 Å². The van der Waals surface area contributed by atoms with Gasteiger partial charge in [0.25, 0.3) is 0 Å². The van der Waals surface area contributed by atoms with Crippen LogP contribution in [0.2, 0.25) is 0 Å². The number of aromatic nitrogens is 3. The Labute approximate surface area is 322 Å².